The average Bonchev–Trinajstić information content (AvgIpc) is 2.45. The van der Waals surface area contributed by atoms with Gasteiger partial charge in [-0.2, -0.15) is 0 Å². The van der Waals surface area contributed by atoms with Crippen LogP contribution in [0.5, 0.6) is 0 Å². The summed E-state index contributed by atoms with van der Waals surface area (Å²) in [6, 6.07) is 11.9. The van der Waals surface area contributed by atoms with Gasteiger partial charge in [-0.1, -0.05) is 31.2 Å². The molecule has 104 valence electrons. The van der Waals surface area contributed by atoms with E-state index in [1.807, 2.05) is 24.3 Å². The molecule has 0 saturated heterocycles. The molecule has 0 unspecified atom stereocenters. The summed E-state index contributed by atoms with van der Waals surface area (Å²) in [4.78, 5) is 12.0. The van der Waals surface area contributed by atoms with E-state index in [1.165, 1.54) is 17.7 Å². The number of nitrogen functional groups attached to an aromatic ring is 1. The number of benzene rings is 2. The Hall–Kier alpha value is -2.36. The van der Waals surface area contributed by atoms with Crippen molar-refractivity contribution in [2.24, 2.45) is 0 Å². The number of hydrogen-bond acceptors (Lipinski definition) is 2. The molecule has 0 spiro atoms. The first-order valence-corrected chi connectivity index (χ1v) is 6.51. The molecule has 3 nitrogen and oxygen atoms in total. The lowest BCUT2D eigenvalue weighted by molar-refractivity contribution is 0.0947. The van der Waals surface area contributed by atoms with E-state index in [4.69, 9.17) is 5.73 Å². The second-order valence-corrected chi connectivity index (χ2v) is 4.54. The van der Waals surface area contributed by atoms with E-state index in [9.17, 15) is 9.18 Å². The van der Waals surface area contributed by atoms with Crippen LogP contribution in [0.15, 0.2) is 42.5 Å². The Morgan fingerprint density at radius 3 is 2.55 bits per heavy atom. The van der Waals surface area contributed by atoms with Gasteiger partial charge in [0.25, 0.3) is 5.91 Å². The molecular weight excluding hydrogens is 255 g/mol. The molecule has 4 heteroatoms. The van der Waals surface area contributed by atoms with Gasteiger partial charge in [-0.15, -0.1) is 0 Å². The summed E-state index contributed by atoms with van der Waals surface area (Å²) in [5, 5.41) is 2.73. The Bertz CT molecular complexity index is 626. The minimum atomic E-state index is -0.605. The van der Waals surface area contributed by atoms with Gasteiger partial charge in [-0.25, -0.2) is 4.39 Å². The zero-order valence-electron chi connectivity index (χ0n) is 11.3. The summed E-state index contributed by atoms with van der Waals surface area (Å²) < 4.78 is 13.6. The van der Waals surface area contributed by atoms with E-state index >= 15 is 0 Å². The van der Waals surface area contributed by atoms with Crippen LogP contribution < -0.4 is 11.1 Å². The van der Waals surface area contributed by atoms with Gasteiger partial charge in [-0.05, 0) is 35.7 Å². The molecule has 20 heavy (non-hydrogen) atoms. The number of nitrogens with one attached hydrogen (secondary N) is 1. The lowest BCUT2D eigenvalue weighted by atomic mass is 10.1. The van der Waals surface area contributed by atoms with Crippen LogP contribution in [0.3, 0.4) is 0 Å². The summed E-state index contributed by atoms with van der Waals surface area (Å²) in [7, 11) is 0. The van der Waals surface area contributed by atoms with E-state index in [-0.39, 0.29) is 5.56 Å². The molecule has 0 aliphatic heterocycles. The van der Waals surface area contributed by atoms with Crippen molar-refractivity contribution >= 4 is 11.6 Å². The van der Waals surface area contributed by atoms with Crippen molar-refractivity contribution in [3.05, 3.63) is 65.0 Å². The Morgan fingerprint density at radius 1 is 1.20 bits per heavy atom. The summed E-state index contributed by atoms with van der Waals surface area (Å²) in [5.74, 6) is -1.04. The van der Waals surface area contributed by atoms with Crippen molar-refractivity contribution < 1.29 is 9.18 Å². The second kappa shape index (κ2) is 6.19. The van der Waals surface area contributed by atoms with E-state index in [0.29, 0.717) is 12.2 Å². The largest absolute Gasteiger partial charge is 0.399 e. The molecule has 2 rings (SSSR count). The van der Waals surface area contributed by atoms with Crippen LogP contribution in [-0.4, -0.2) is 5.91 Å². The fourth-order valence-electron chi connectivity index (χ4n) is 2.06. The average molecular weight is 272 g/mol. The van der Waals surface area contributed by atoms with Crippen LogP contribution in [0.2, 0.25) is 0 Å². The molecule has 0 atom stereocenters. The first kappa shape index (κ1) is 14.1. The molecule has 3 N–H and O–H groups in total. The number of amides is 1. The number of carbonyl (C=O) groups is 1. The van der Waals surface area contributed by atoms with Crippen LogP contribution in [0.1, 0.15) is 28.4 Å². The van der Waals surface area contributed by atoms with Crippen molar-refractivity contribution in [2.45, 2.75) is 19.9 Å². The van der Waals surface area contributed by atoms with Gasteiger partial charge >= 0.3 is 0 Å². The van der Waals surface area contributed by atoms with Gasteiger partial charge in [0.1, 0.15) is 5.82 Å². The molecule has 0 fully saturated rings. The predicted octanol–water partition coefficient (Wildman–Crippen LogP) is 2.90. The van der Waals surface area contributed by atoms with Gasteiger partial charge in [0.15, 0.2) is 0 Å². The van der Waals surface area contributed by atoms with Crippen molar-refractivity contribution in [1.29, 1.82) is 0 Å². The maximum Gasteiger partial charge on any atom is 0.254 e. The van der Waals surface area contributed by atoms with Crippen molar-refractivity contribution in [2.75, 3.05) is 5.73 Å². The Balaban J connectivity index is 2.09. The van der Waals surface area contributed by atoms with Crippen molar-refractivity contribution in [3.63, 3.8) is 0 Å². The SMILES string of the molecule is CCc1ccccc1CNC(=O)c1ccc(N)cc1F. The van der Waals surface area contributed by atoms with Crippen molar-refractivity contribution in [3.8, 4) is 0 Å². The molecule has 1 amide bonds. The monoisotopic (exact) mass is 272 g/mol. The van der Waals surface area contributed by atoms with Gasteiger partial charge in [-0.3, -0.25) is 4.79 Å². The quantitative estimate of drug-likeness (QED) is 0.841. The van der Waals surface area contributed by atoms with Crippen LogP contribution >= 0.6 is 0 Å². The normalized spacial score (nSPS) is 10.3. The smallest absolute Gasteiger partial charge is 0.254 e. The first-order chi connectivity index (χ1) is 9.61. The highest BCUT2D eigenvalue weighted by Crippen LogP contribution is 2.13. The maximum absolute atomic E-state index is 13.6. The van der Waals surface area contributed by atoms with E-state index in [0.717, 1.165) is 18.1 Å². The lowest BCUT2D eigenvalue weighted by Gasteiger charge is -2.10. The summed E-state index contributed by atoms with van der Waals surface area (Å²) in [6.07, 6.45) is 0.891. The number of anilines is 1. The Labute approximate surface area is 117 Å². The van der Waals surface area contributed by atoms with E-state index < -0.39 is 11.7 Å². The Kier molecular flexibility index (Phi) is 4.35. The van der Waals surface area contributed by atoms with Gasteiger partial charge < -0.3 is 11.1 Å². The molecular formula is C16H17FN2O. The molecule has 0 aliphatic carbocycles. The lowest BCUT2D eigenvalue weighted by Crippen LogP contribution is -2.24. The highest BCUT2D eigenvalue weighted by atomic mass is 19.1. The fourth-order valence-corrected chi connectivity index (χ4v) is 2.06. The number of aryl methyl sites for hydroxylation is 1. The summed E-state index contributed by atoms with van der Waals surface area (Å²) in [6.45, 7) is 2.44. The molecule has 0 heterocycles. The topological polar surface area (TPSA) is 55.1 Å². The molecule has 0 bridgehead atoms. The fraction of sp³-hybridized carbons (Fsp3) is 0.188. The summed E-state index contributed by atoms with van der Waals surface area (Å²) in [5.41, 5.74) is 7.98. The van der Waals surface area contributed by atoms with E-state index in [1.54, 1.807) is 0 Å². The van der Waals surface area contributed by atoms with Crippen LogP contribution in [0.25, 0.3) is 0 Å². The number of nitrogens with two attached hydrogens (primary N) is 1. The highest BCUT2D eigenvalue weighted by molar-refractivity contribution is 5.94. The third-order valence-electron chi connectivity index (χ3n) is 3.18. The zero-order chi connectivity index (χ0) is 14.5. The van der Waals surface area contributed by atoms with Crippen LogP contribution in [0, 0.1) is 5.82 Å². The van der Waals surface area contributed by atoms with Crippen LogP contribution in [0.4, 0.5) is 10.1 Å². The van der Waals surface area contributed by atoms with Crippen molar-refractivity contribution in [1.82, 2.24) is 5.32 Å². The van der Waals surface area contributed by atoms with Crippen LogP contribution in [-0.2, 0) is 13.0 Å². The first-order valence-electron chi connectivity index (χ1n) is 6.51. The third-order valence-corrected chi connectivity index (χ3v) is 3.18. The Morgan fingerprint density at radius 2 is 1.90 bits per heavy atom. The zero-order valence-corrected chi connectivity index (χ0v) is 11.3. The number of halogens is 1. The minimum absolute atomic E-state index is 0.00757. The predicted molar refractivity (Wildman–Crippen MR) is 77.8 cm³/mol. The number of rotatable bonds is 4. The molecule has 2 aromatic carbocycles. The second-order valence-electron chi connectivity index (χ2n) is 4.54. The number of carbonyl (C=O) groups excluding carboxylic acids is 1. The molecule has 2 aromatic rings. The van der Waals surface area contributed by atoms with E-state index in [2.05, 4.69) is 12.2 Å². The maximum atomic E-state index is 13.6. The molecule has 0 saturated carbocycles. The molecule has 0 radical (unpaired) electrons. The molecule has 0 aromatic heterocycles. The standard InChI is InChI=1S/C16H17FN2O/c1-2-11-5-3-4-6-12(11)10-19-16(20)14-8-7-13(18)9-15(14)17/h3-9H,2,10,18H2,1H3,(H,19,20). The minimum Gasteiger partial charge on any atom is -0.399 e. The highest BCUT2D eigenvalue weighted by Gasteiger charge is 2.11. The number of hydrogen-bond donors (Lipinski definition) is 2. The third kappa shape index (κ3) is 3.15. The van der Waals surface area contributed by atoms with Gasteiger partial charge in [0.2, 0.25) is 0 Å². The van der Waals surface area contributed by atoms with Gasteiger partial charge in [0.05, 0.1) is 5.56 Å². The molecule has 0 aliphatic rings. The summed E-state index contributed by atoms with van der Waals surface area (Å²) >= 11 is 0. The van der Waals surface area contributed by atoms with Gasteiger partial charge in [0, 0.05) is 12.2 Å².